The molecule has 2 rings (SSSR count). The maximum Gasteiger partial charge on any atom is 0.254 e. The molecular weight excluding hydrogens is 300 g/mol. The van der Waals surface area contributed by atoms with Crippen molar-refractivity contribution in [3.63, 3.8) is 0 Å². The number of nitrogens with zero attached hydrogens (tertiary/aromatic N) is 2. The number of methoxy groups -OCH3 is 1. The van der Waals surface area contributed by atoms with Crippen LogP contribution in [-0.2, 0) is 4.79 Å². The van der Waals surface area contributed by atoms with Crippen molar-refractivity contribution in [2.75, 3.05) is 20.7 Å². The number of amides is 1. The first kappa shape index (κ1) is 17.3. The quantitative estimate of drug-likeness (QED) is 0.603. The van der Waals surface area contributed by atoms with Gasteiger partial charge in [-0.15, -0.1) is 0 Å². The molecule has 0 saturated carbocycles. The first-order valence-corrected chi connectivity index (χ1v) is 7.70. The zero-order valence-electron chi connectivity index (χ0n) is 13.9. The second kappa shape index (κ2) is 8.54. The van der Waals surface area contributed by atoms with Crippen molar-refractivity contribution in [2.24, 2.45) is 0 Å². The highest BCUT2D eigenvalue weighted by atomic mass is 16.5. The second-order valence-corrected chi connectivity index (χ2v) is 5.30. The molecule has 0 saturated heterocycles. The predicted molar refractivity (Wildman–Crippen MR) is 95.2 cm³/mol. The van der Waals surface area contributed by atoms with Gasteiger partial charge in [0, 0.05) is 24.7 Å². The Bertz CT molecular complexity index is 761. The topological polar surface area (TPSA) is 53.3 Å². The summed E-state index contributed by atoms with van der Waals surface area (Å²) in [6, 6.07) is 19.1. The predicted octanol–water partition coefficient (Wildman–Crippen LogP) is 3.61. The van der Waals surface area contributed by atoms with Crippen molar-refractivity contribution in [1.29, 1.82) is 5.26 Å². The van der Waals surface area contributed by atoms with Gasteiger partial charge in [0.05, 0.1) is 19.6 Å². The highest BCUT2D eigenvalue weighted by Gasteiger charge is 2.17. The number of carbonyl (C=O) groups is 1. The standard InChI is InChI=1S/C20H20N2O2/c1-22(14-8-13-21)20(23)18(16-9-4-3-5-10-16)15-17-11-6-7-12-19(17)24-2/h3-7,9-12,15H,8,14H2,1-2H3. The van der Waals surface area contributed by atoms with Crippen molar-refractivity contribution in [1.82, 2.24) is 4.90 Å². The molecule has 0 fully saturated rings. The van der Waals surface area contributed by atoms with Gasteiger partial charge < -0.3 is 9.64 Å². The van der Waals surface area contributed by atoms with E-state index in [1.165, 1.54) is 0 Å². The lowest BCUT2D eigenvalue weighted by Gasteiger charge is -2.18. The number of hydrogen-bond acceptors (Lipinski definition) is 3. The Hall–Kier alpha value is -3.06. The Morgan fingerprint density at radius 1 is 1.17 bits per heavy atom. The van der Waals surface area contributed by atoms with Crippen molar-refractivity contribution in [3.05, 3.63) is 65.7 Å². The van der Waals surface area contributed by atoms with E-state index in [1.54, 1.807) is 19.1 Å². The zero-order valence-corrected chi connectivity index (χ0v) is 13.9. The Labute approximate surface area is 142 Å². The summed E-state index contributed by atoms with van der Waals surface area (Å²) >= 11 is 0. The molecule has 0 aromatic heterocycles. The van der Waals surface area contributed by atoms with E-state index >= 15 is 0 Å². The van der Waals surface area contributed by atoms with Crippen molar-refractivity contribution in [2.45, 2.75) is 6.42 Å². The summed E-state index contributed by atoms with van der Waals surface area (Å²) in [6.07, 6.45) is 2.14. The second-order valence-electron chi connectivity index (χ2n) is 5.30. The lowest BCUT2D eigenvalue weighted by molar-refractivity contribution is -0.123. The molecule has 0 aliphatic rings. The summed E-state index contributed by atoms with van der Waals surface area (Å²) in [4.78, 5) is 14.4. The summed E-state index contributed by atoms with van der Waals surface area (Å²) in [5.41, 5.74) is 2.23. The number of ether oxygens (including phenoxy) is 1. The lowest BCUT2D eigenvalue weighted by Crippen LogP contribution is -2.28. The number of carbonyl (C=O) groups excluding carboxylic acids is 1. The first-order valence-electron chi connectivity index (χ1n) is 7.70. The van der Waals surface area contributed by atoms with Gasteiger partial charge in [-0.1, -0.05) is 48.5 Å². The molecule has 0 heterocycles. The minimum atomic E-state index is -0.123. The van der Waals surface area contributed by atoms with E-state index in [0.717, 1.165) is 11.1 Å². The molecule has 0 radical (unpaired) electrons. The van der Waals surface area contributed by atoms with Gasteiger partial charge in [0.1, 0.15) is 5.75 Å². The maximum atomic E-state index is 12.9. The molecule has 2 aromatic carbocycles. The van der Waals surface area contributed by atoms with Gasteiger partial charge in [-0.2, -0.15) is 5.26 Å². The third kappa shape index (κ3) is 4.23. The van der Waals surface area contributed by atoms with E-state index in [1.807, 2.05) is 60.7 Å². The minimum Gasteiger partial charge on any atom is -0.496 e. The van der Waals surface area contributed by atoms with E-state index in [9.17, 15) is 4.79 Å². The van der Waals surface area contributed by atoms with E-state index < -0.39 is 0 Å². The van der Waals surface area contributed by atoms with Gasteiger partial charge in [-0.25, -0.2) is 0 Å². The number of rotatable bonds is 6. The number of likely N-dealkylation sites (N-methyl/N-ethyl adjacent to an activating group) is 1. The van der Waals surface area contributed by atoms with Crippen LogP contribution in [0.1, 0.15) is 17.5 Å². The van der Waals surface area contributed by atoms with E-state index in [2.05, 4.69) is 6.07 Å². The highest BCUT2D eigenvalue weighted by Crippen LogP contribution is 2.25. The molecule has 0 aliphatic carbocycles. The molecule has 4 heteroatoms. The molecule has 0 spiro atoms. The monoisotopic (exact) mass is 320 g/mol. The number of hydrogen-bond donors (Lipinski definition) is 0. The molecule has 0 N–H and O–H groups in total. The van der Waals surface area contributed by atoms with Crippen LogP contribution in [0, 0.1) is 11.3 Å². The van der Waals surface area contributed by atoms with Crippen molar-refractivity contribution < 1.29 is 9.53 Å². The van der Waals surface area contributed by atoms with Gasteiger partial charge in [0.15, 0.2) is 0 Å². The fourth-order valence-electron chi connectivity index (χ4n) is 2.35. The van der Waals surface area contributed by atoms with Gasteiger partial charge in [0.25, 0.3) is 5.91 Å². The summed E-state index contributed by atoms with van der Waals surface area (Å²) in [5.74, 6) is 0.584. The fourth-order valence-corrected chi connectivity index (χ4v) is 2.35. The first-order chi connectivity index (χ1) is 11.7. The summed E-state index contributed by atoms with van der Waals surface area (Å²) < 4.78 is 5.37. The average molecular weight is 320 g/mol. The zero-order chi connectivity index (χ0) is 17.4. The van der Waals surface area contributed by atoms with E-state index in [0.29, 0.717) is 24.3 Å². The molecule has 0 unspecified atom stereocenters. The number of nitriles is 1. The summed E-state index contributed by atoms with van der Waals surface area (Å²) in [7, 11) is 3.31. The molecule has 1 amide bonds. The molecular formula is C20H20N2O2. The van der Waals surface area contributed by atoms with Crippen molar-refractivity contribution >= 4 is 17.6 Å². The molecule has 122 valence electrons. The van der Waals surface area contributed by atoms with Gasteiger partial charge in [-0.3, -0.25) is 4.79 Å². The minimum absolute atomic E-state index is 0.123. The Kier molecular flexibility index (Phi) is 6.16. The fraction of sp³-hybridized carbons (Fsp3) is 0.200. The lowest BCUT2D eigenvalue weighted by atomic mass is 10.0. The van der Waals surface area contributed by atoms with Crippen LogP contribution in [0.15, 0.2) is 54.6 Å². The number of benzene rings is 2. The van der Waals surface area contributed by atoms with Crippen LogP contribution in [0.4, 0.5) is 0 Å². The third-order valence-electron chi connectivity index (χ3n) is 3.66. The normalized spacial score (nSPS) is 10.8. The van der Waals surface area contributed by atoms with E-state index in [-0.39, 0.29) is 5.91 Å². The Balaban J connectivity index is 2.46. The van der Waals surface area contributed by atoms with Crippen LogP contribution in [0.5, 0.6) is 5.75 Å². The van der Waals surface area contributed by atoms with E-state index in [4.69, 9.17) is 10.00 Å². The van der Waals surface area contributed by atoms with Crippen LogP contribution in [0.2, 0.25) is 0 Å². The SMILES string of the molecule is COc1ccccc1C=C(C(=O)N(C)CCC#N)c1ccccc1. The highest BCUT2D eigenvalue weighted by molar-refractivity contribution is 6.24. The van der Waals surface area contributed by atoms with Crippen LogP contribution in [0.25, 0.3) is 11.6 Å². The smallest absolute Gasteiger partial charge is 0.254 e. The Morgan fingerprint density at radius 2 is 1.83 bits per heavy atom. The molecule has 0 bridgehead atoms. The summed E-state index contributed by atoms with van der Waals surface area (Å²) in [6.45, 7) is 0.394. The van der Waals surface area contributed by atoms with Gasteiger partial charge >= 0.3 is 0 Å². The van der Waals surface area contributed by atoms with Crippen LogP contribution >= 0.6 is 0 Å². The van der Waals surface area contributed by atoms with Crippen LogP contribution < -0.4 is 4.74 Å². The molecule has 0 atom stereocenters. The average Bonchev–Trinajstić information content (AvgIpc) is 2.64. The largest absolute Gasteiger partial charge is 0.496 e. The number of para-hydroxylation sites is 1. The summed E-state index contributed by atoms with van der Waals surface area (Å²) in [5, 5.41) is 8.74. The third-order valence-corrected chi connectivity index (χ3v) is 3.66. The van der Waals surface area contributed by atoms with Gasteiger partial charge in [-0.05, 0) is 17.7 Å². The van der Waals surface area contributed by atoms with Gasteiger partial charge in [0.2, 0.25) is 0 Å². The van der Waals surface area contributed by atoms with Crippen LogP contribution in [-0.4, -0.2) is 31.5 Å². The molecule has 4 nitrogen and oxygen atoms in total. The molecule has 0 aliphatic heterocycles. The van der Waals surface area contributed by atoms with Crippen LogP contribution in [0.3, 0.4) is 0 Å². The maximum absolute atomic E-state index is 12.9. The van der Waals surface area contributed by atoms with Crippen molar-refractivity contribution in [3.8, 4) is 11.8 Å². The molecule has 24 heavy (non-hydrogen) atoms. The molecule has 2 aromatic rings. The Morgan fingerprint density at radius 3 is 2.50 bits per heavy atom.